The number of carboxylic acid groups (broad SMARTS) is 1. The minimum Gasteiger partial charge on any atom is -0.480 e. The first kappa shape index (κ1) is 21.0. The van der Waals surface area contributed by atoms with Crippen molar-refractivity contribution >= 4 is 34.0 Å². The molecule has 2 saturated heterocycles. The van der Waals surface area contributed by atoms with E-state index in [0.29, 0.717) is 37.4 Å². The summed E-state index contributed by atoms with van der Waals surface area (Å²) < 4.78 is 40.0. The second-order valence-corrected chi connectivity index (χ2v) is 7.82. The van der Waals surface area contributed by atoms with Crippen LogP contribution in [0.3, 0.4) is 0 Å². The Bertz CT molecular complexity index is 929. The van der Waals surface area contributed by atoms with Gasteiger partial charge < -0.3 is 14.2 Å². The fourth-order valence-electron chi connectivity index (χ4n) is 3.53. The van der Waals surface area contributed by atoms with Gasteiger partial charge in [0.05, 0.1) is 18.2 Å². The number of aliphatic carboxylic acids is 1. The maximum Gasteiger partial charge on any atom is 0.488 e. The molecular weight excluding hydrogens is 409 g/mol. The molecule has 1 unspecified atom stereocenters. The molecule has 0 saturated carbocycles. The Morgan fingerprint density at radius 3 is 2.52 bits per heavy atom. The predicted molar refractivity (Wildman–Crippen MR) is 98.5 cm³/mol. The Labute approximate surface area is 166 Å². The number of benzene rings is 1. The monoisotopic (exact) mass is 429 g/mol. The zero-order valence-corrected chi connectivity index (χ0v) is 16.2. The molecule has 0 spiro atoms. The highest BCUT2D eigenvalue weighted by Gasteiger charge is 2.30. The lowest BCUT2D eigenvalue weighted by atomic mass is 9.90. The first-order chi connectivity index (χ1) is 13.6. The standard InChI is InChI=1S/C17H20FN3O7S/c18-29(26,27)28-14-9-11(12-2-4-15(22)19-17(12)25)1-3-13(14)21-7-5-20(6-8-21)10-16(23)24/h1,3,9,12H,2,4-8,10H2,(H,23,24)(H,19,22,25). The number of nitrogens with zero attached hydrogens (tertiary/aromatic N) is 2. The highest BCUT2D eigenvalue weighted by atomic mass is 32.3. The molecule has 2 aliphatic rings. The number of hydrogen-bond acceptors (Lipinski definition) is 8. The molecule has 2 amide bonds. The summed E-state index contributed by atoms with van der Waals surface area (Å²) in [6.45, 7) is 1.50. The van der Waals surface area contributed by atoms with Gasteiger partial charge in [-0.25, -0.2) is 0 Å². The molecule has 2 N–H and O–H groups in total. The lowest BCUT2D eigenvalue weighted by molar-refractivity contribution is -0.138. The number of carbonyl (C=O) groups excluding carboxylic acids is 2. The average Bonchev–Trinajstić information content (AvgIpc) is 2.61. The molecule has 1 atom stereocenters. The van der Waals surface area contributed by atoms with E-state index in [-0.39, 0.29) is 31.0 Å². The van der Waals surface area contributed by atoms with E-state index in [9.17, 15) is 26.7 Å². The second-order valence-electron chi connectivity index (χ2n) is 6.86. The Kier molecular flexibility index (Phi) is 6.03. The van der Waals surface area contributed by atoms with E-state index in [1.54, 1.807) is 15.9 Å². The molecule has 10 nitrogen and oxygen atoms in total. The third-order valence-corrected chi connectivity index (χ3v) is 5.27. The zero-order valence-electron chi connectivity index (χ0n) is 15.3. The third kappa shape index (κ3) is 5.41. The van der Waals surface area contributed by atoms with Crippen LogP contribution in [-0.4, -0.2) is 68.9 Å². The lowest BCUT2D eigenvalue weighted by Gasteiger charge is -2.36. The number of halogens is 1. The maximum absolute atomic E-state index is 13.3. The number of amides is 2. The second kappa shape index (κ2) is 8.33. The van der Waals surface area contributed by atoms with Crippen molar-refractivity contribution < 1.29 is 36.0 Å². The first-order valence-corrected chi connectivity index (χ1v) is 10.2. The van der Waals surface area contributed by atoms with Crippen LogP contribution in [0.25, 0.3) is 0 Å². The molecule has 0 aliphatic carbocycles. The van der Waals surface area contributed by atoms with Crippen LogP contribution in [-0.2, 0) is 24.9 Å². The summed E-state index contributed by atoms with van der Waals surface area (Å²) in [6, 6.07) is 4.43. The van der Waals surface area contributed by atoms with Crippen LogP contribution < -0.4 is 14.4 Å². The largest absolute Gasteiger partial charge is 0.488 e. The number of rotatable bonds is 6. The third-order valence-electron chi connectivity index (χ3n) is 4.89. The van der Waals surface area contributed by atoms with Crippen LogP contribution in [0.1, 0.15) is 24.3 Å². The normalized spacial score (nSPS) is 21.0. The van der Waals surface area contributed by atoms with E-state index < -0.39 is 28.3 Å². The number of anilines is 1. The van der Waals surface area contributed by atoms with E-state index in [0.717, 1.165) is 0 Å². The van der Waals surface area contributed by atoms with Crippen molar-refractivity contribution in [2.45, 2.75) is 18.8 Å². The van der Waals surface area contributed by atoms with Crippen LogP contribution in [0.15, 0.2) is 18.2 Å². The molecule has 0 bridgehead atoms. The van der Waals surface area contributed by atoms with Crippen LogP contribution in [0, 0.1) is 0 Å². The summed E-state index contributed by atoms with van der Waals surface area (Å²) in [6.07, 6.45) is 0.390. The highest BCUT2D eigenvalue weighted by molar-refractivity contribution is 7.81. The van der Waals surface area contributed by atoms with Crippen molar-refractivity contribution in [2.24, 2.45) is 0 Å². The fraction of sp³-hybridized carbons (Fsp3) is 0.471. The molecule has 1 aromatic rings. The smallest absolute Gasteiger partial charge is 0.480 e. The minimum atomic E-state index is -5.30. The van der Waals surface area contributed by atoms with Crippen molar-refractivity contribution in [2.75, 3.05) is 37.6 Å². The summed E-state index contributed by atoms with van der Waals surface area (Å²) >= 11 is 0. The van der Waals surface area contributed by atoms with Crippen molar-refractivity contribution in [3.8, 4) is 5.75 Å². The molecule has 0 aromatic heterocycles. The van der Waals surface area contributed by atoms with Gasteiger partial charge in [0.15, 0.2) is 5.75 Å². The molecule has 29 heavy (non-hydrogen) atoms. The maximum atomic E-state index is 13.3. The quantitative estimate of drug-likeness (QED) is 0.474. The van der Waals surface area contributed by atoms with Crippen LogP contribution >= 0.6 is 0 Å². The molecule has 2 fully saturated rings. The number of piperidine rings is 1. The SMILES string of the molecule is O=C(O)CN1CCN(c2ccc(C3CCC(=O)NC3=O)cc2OS(=O)(=O)F)CC1. The topological polar surface area (TPSA) is 133 Å². The van der Waals surface area contributed by atoms with Gasteiger partial charge in [-0.15, -0.1) is 0 Å². The fourth-order valence-corrected chi connectivity index (χ4v) is 3.88. The number of hydrogen-bond donors (Lipinski definition) is 2. The molecule has 12 heteroatoms. The van der Waals surface area contributed by atoms with Gasteiger partial charge in [-0.05, 0) is 24.1 Å². The molecular formula is C17H20FN3O7S. The van der Waals surface area contributed by atoms with Gasteiger partial charge in [-0.3, -0.25) is 24.6 Å². The van der Waals surface area contributed by atoms with E-state index in [1.807, 2.05) is 0 Å². The first-order valence-electron chi connectivity index (χ1n) is 8.93. The summed E-state index contributed by atoms with van der Waals surface area (Å²) in [5.41, 5.74) is 0.721. The molecule has 0 radical (unpaired) electrons. The van der Waals surface area contributed by atoms with E-state index >= 15 is 0 Å². The predicted octanol–water partition coefficient (Wildman–Crippen LogP) is 0.00650. The van der Waals surface area contributed by atoms with Gasteiger partial charge in [0, 0.05) is 32.6 Å². The number of piperazine rings is 1. The van der Waals surface area contributed by atoms with Crippen LogP contribution in [0.2, 0.25) is 0 Å². The molecule has 158 valence electrons. The lowest BCUT2D eigenvalue weighted by Crippen LogP contribution is -2.48. The number of imide groups is 1. The highest BCUT2D eigenvalue weighted by Crippen LogP contribution is 2.35. The summed E-state index contributed by atoms with van der Waals surface area (Å²) in [4.78, 5) is 37.7. The summed E-state index contributed by atoms with van der Waals surface area (Å²) in [5, 5.41) is 11.1. The molecule has 1 aromatic carbocycles. The van der Waals surface area contributed by atoms with Gasteiger partial charge in [0.1, 0.15) is 0 Å². The van der Waals surface area contributed by atoms with Gasteiger partial charge in [0.2, 0.25) is 11.8 Å². The minimum absolute atomic E-state index is 0.107. The Hall–Kier alpha value is -2.73. The summed E-state index contributed by atoms with van der Waals surface area (Å²) in [5.74, 6) is -2.78. The Morgan fingerprint density at radius 1 is 1.24 bits per heavy atom. The molecule has 3 rings (SSSR count). The summed E-state index contributed by atoms with van der Waals surface area (Å²) in [7, 11) is -5.30. The van der Waals surface area contributed by atoms with Crippen molar-refractivity contribution in [1.82, 2.24) is 10.2 Å². The van der Waals surface area contributed by atoms with Gasteiger partial charge in [-0.2, -0.15) is 8.42 Å². The molecule has 2 heterocycles. The van der Waals surface area contributed by atoms with E-state index in [4.69, 9.17) is 5.11 Å². The van der Waals surface area contributed by atoms with Crippen molar-refractivity contribution in [3.05, 3.63) is 23.8 Å². The van der Waals surface area contributed by atoms with Crippen LogP contribution in [0.4, 0.5) is 9.57 Å². The zero-order chi connectivity index (χ0) is 21.2. The van der Waals surface area contributed by atoms with E-state index in [2.05, 4.69) is 9.50 Å². The van der Waals surface area contributed by atoms with E-state index in [1.165, 1.54) is 12.1 Å². The van der Waals surface area contributed by atoms with Gasteiger partial charge in [-0.1, -0.05) is 9.95 Å². The number of carbonyl (C=O) groups is 3. The Morgan fingerprint density at radius 2 is 1.93 bits per heavy atom. The van der Waals surface area contributed by atoms with Gasteiger partial charge in [0.25, 0.3) is 0 Å². The molecule has 2 aliphatic heterocycles. The van der Waals surface area contributed by atoms with Crippen molar-refractivity contribution in [3.63, 3.8) is 0 Å². The van der Waals surface area contributed by atoms with Crippen LogP contribution in [0.5, 0.6) is 5.75 Å². The van der Waals surface area contributed by atoms with Crippen molar-refractivity contribution in [1.29, 1.82) is 0 Å². The Balaban J connectivity index is 1.84. The average molecular weight is 429 g/mol. The van der Waals surface area contributed by atoms with Gasteiger partial charge >= 0.3 is 16.5 Å². The number of carboxylic acids is 1. The number of nitrogens with one attached hydrogen (secondary N) is 1.